The Labute approximate surface area is 231 Å². The molecule has 187 valence electrons. The van der Waals surface area contributed by atoms with Crippen LogP contribution in [0.1, 0.15) is 0 Å². The molecule has 1 radical (unpaired) electrons. The van der Waals surface area contributed by atoms with Gasteiger partial charge in [-0.05, 0) is 28.4 Å². The average molecular weight is 678 g/mol. The summed E-state index contributed by atoms with van der Waals surface area (Å²) in [4.78, 5) is 15.5. The zero-order valence-electron chi connectivity index (χ0n) is 19.6. The van der Waals surface area contributed by atoms with Crippen LogP contribution in [0.15, 0.2) is 103 Å². The zero-order chi connectivity index (χ0) is 25.6. The van der Waals surface area contributed by atoms with Crippen molar-refractivity contribution in [2.75, 3.05) is 0 Å². The fraction of sp³-hybridized carbons (Fsp3) is 0. The van der Waals surface area contributed by atoms with Crippen LogP contribution in [0.25, 0.3) is 44.1 Å². The number of hydrogen-bond acceptors (Lipinski definition) is 3. The Morgan fingerprint density at radius 1 is 0.816 bits per heavy atom. The van der Waals surface area contributed by atoms with Crippen molar-refractivity contribution in [1.29, 1.82) is 0 Å². The minimum absolute atomic E-state index is 0. The van der Waals surface area contributed by atoms with E-state index in [1.165, 1.54) is 6.20 Å². The number of benzene rings is 3. The van der Waals surface area contributed by atoms with Gasteiger partial charge in [0.25, 0.3) is 0 Å². The smallest absolute Gasteiger partial charge is 0.176 e. The molecule has 3 aromatic carbocycles. The van der Waals surface area contributed by atoms with Crippen LogP contribution >= 0.6 is 0 Å². The molecule has 0 aliphatic carbocycles. The largest absolute Gasteiger partial charge is 0.411 e. The van der Waals surface area contributed by atoms with Crippen LogP contribution in [0.3, 0.4) is 0 Å². The normalized spacial score (nSPS) is 10.1. The van der Waals surface area contributed by atoms with Gasteiger partial charge in [-0.2, -0.15) is 0 Å². The Morgan fingerprint density at radius 2 is 1.58 bits per heavy atom. The summed E-state index contributed by atoms with van der Waals surface area (Å²) in [6.45, 7) is 6.70. The molecular weight excluding hydrogens is 661 g/mol. The number of pyridine rings is 2. The molecule has 8 heteroatoms. The first-order valence-corrected chi connectivity index (χ1v) is 11.2. The SMILES string of the molecule is [C-]#[N+]c1c(F)c[c-]c(-c2ccccn2)c1F.[Ir].[c-]1nc2ccccc2n1-c1ccc(-c2ccccc2)cn1. The molecule has 0 amide bonds. The molecule has 3 aromatic heterocycles. The molecule has 0 fully saturated rings. The van der Waals surface area contributed by atoms with Crippen molar-refractivity contribution in [3.63, 3.8) is 0 Å². The summed E-state index contributed by atoms with van der Waals surface area (Å²) >= 11 is 0. The third-order valence-corrected chi connectivity index (χ3v) is 5.51. The number of nitrogens with zero attached hydrogens (tertiary/aromatic N) is 5. The topological polar surface area (TPSA) is 48.0 Å². The van der Waals surface area contributed by atoms with E-state index in [1.54, 1.807) is 18.2 Å². The molecule has 3 heterocycles. The molecule has 6 rings (SSSR count). The van der Waals surface area contributed by atoms with E-state index in [9.17, 15) is 8.78 Å². The molecule has 0 aliphatic rings. The van der Waals surface area contributed by atoms with Gasteiger partial charge in [-0.1, -0.05) is 84.4 Å². The number of aromatic nitrogens is 4. The summed E-state index contributed by atoms with van der Waals surface area (Å²) in [7, 11) is 0. The van der Waals surface area contributed by atoms with Gasteiger partial charge in [-0.3, -0.25) is 18.6 Å². The quantitative estimate of drug-likeness (QED) is 0.185. The molecule has 0 spiro atoms. The molecule has 0 atom stereocenters. The molecular formula is C30H17F2IrN5-2. The van der Waals surface area contributed by atoms with Gasteiger partial charge >= 0.3 is 0 Å². The zero-order valence-corrected chi connectivity index (χ0v) is 22.0. The second-order valence-electron chi connectivity index (χ2n) is 7.81. The Bertz CT molecular complexity index is 1700. The van der Waals surface area contributed by atoms with E-state index >= 15 is 0 Å². The fourth-order valence-corrected chi connectivity index (χ4v) is 3.69. The summed E-state index contributed by atoms with van der Waals surface area (Å²) in [5.41, 5.74) is 3.90. The van der Waals surface area contributed by atoms with Gasteiger partial charge in [-0.25, -0.2) is 0 Å². The molecule has 0 bridgehead atoms. The molecule has 0 aliphatic heterocycles. The van der Waals surface area contributed by atoms with Gasteiger partial charge in [-0.15, -0.1) is 17.7 Å². The standard InChI is InChI=1S/C18H12N3.C12H5F2N2.Ir/c1-2-6-14(7-3-1)15-10-11-18(19-12-15)21-13-20-16-8-4-5-9-17(16)21;1-15-12-9(13)6-5-8(11(12)14)10-4-2-3-7-16-10;/h1-12H;2-4,6-7H;/q2*-1;. The van der Waals surface area contributed by atoms with E-state index in [2.05, 4.69) is 50.4 Å². The third-order valence-electron chi connectivity index (χ3n) is 5.51. The van der Waals surface area contributed by atoms with Crippen LogP contribution in [0, 0.1) is 30.6 Å². The number of rotatable bonds is 3. The van der Waals surface area contributed by atoms with E-state index < -0.39 is 17.3 Å². The predicted octanol–water partition coefficient (Wildman–Crippen LogP) is 7.26. The van der Waals surface area contributed by atoms with Gasteiger partial charge in [0, 0.05) is 50.5 Å². The molecule has 0 saturated heterocycles. The Hall–Kier alpha value is -4.57. The van der Waals surface area contributed by atoms with Crippen molar-refractivity contribution in [3.05, 3.63) is 139 Å². The number of imidazole rings is 1. The number of fused-ring (bicyclic) bond motifs is 1. The molecule has 6 aromatic rings. The van der Waals surface area contributed by atoms with Crippen molar-refractivity contribution in [2.24, 2.45) is 0 Å². The van der Waals surface area contributed by atoms with Gasteiger partial charge in [0.1, 0.15) is 0 Å². The van der Waals surface area contributed by atoms with Gasteiger partial charge in [0.05, 0.1) is 12.4 Å². The maximum atomic E-state index is 13.7. The first-order valence-electron chi connectivity index (χ1n) is 11.2. The van der Waals surface area contributed by atoms with Crippen LogP contribution < -0.4 is 0 Å². The third kappa shape index (κ3) is 5.55. The summed E-state index contributed by atoms with van der Waals surface area (Å²) in [6.07, 6.45) is 6.37. The fourth-order valence-electron chi connectivity index (χ4n) is 3.69. The second-order valence-corrected chi connectivity index (χ2v) is 7.81. The van der Waals surface area contributed by atoms with Crippen molar-refractivity contribution in [3.8, 4) is 28.2 Å². The number of hydrogen-bond donors (Lipinski definition) is 0. The molecule has 5 nitrogen and oxygen atoms in total. The van der Waals surface area contributed by atoms with Crippen LogP contribution in [-0.2, 0) is 20.1 Å². The van der Waals surface area contributed by atoms with E-state index in [-0.39, 0.29) is 25.7 Å². The summed E-state index contributed by atoms with van der Waals surface area (Å²) < 4.78 is 28.6. The van der Waals surface area contributed by atoms with Gasteiger partial charge in [0.15, 0.2) is 5.69 Å². The maximum Gasteiger partial charge on any atom is 0.176 e. The Kier molecular flexibility index (Phi) is 8.44. The van der Waals surface area contributed by atoms with Crippen molar-refractivity contribution in [2.45, 2.75) is 0 Å². The van der Waals surface area contributed by atoms with Crippen LogP contribution in [0.5, 0.6) is 0 Å². The molecule has 38 heavy (non-hydrogen) atoms. The Balaban J connectivity index is 0.000000179. The van der Waals surface area contributed by atoms with E-state index in [0.717, 1.165) is 34.0 Å². The first-order chi connectivity index (χ1) is 18.2. The molecule has 0 saturated carbocycles. The van der Waals surface area contributed by atoms with E-state index in [0.29, 0.717) is 5.69 Å². The Morgan fingerprint density at radius 3 is 2.29 bits per heavy atom. The van der Waals surface area contributed by atoms with Crippen LogP contribution in [0.4, 0.5) is 14.5 Å². The summed E-state index contributed by atoms with van der Waals surface area (Å²) in [5.74, 6) is -1.01. The van der Waals surface area contributed by atoms with Crippen molar-refractivity contribution in [1.82, 2.24) is 19.5 Å². The van der Waals surface area contributed by atoms with E-state index in [4.69, 9.17) is 6.57 Å². The number of para-hydroxylation sites is 2. The van der Waals surface area contributed by atoms with Crippen LogP contribution in [-0.4, -0.2) is 19.5 Å². The minimum Gasteiger partial charge on any atom is -0.411 e. The minimum atomic E-state index is -0.922. The molecule has 0 unspecified atom stereocenters. The predicted molar refractivity (Wildman–Crippen MR) is 138 cm³/mol. The average Bonchev–Trinajstić information content (AvgIpc) is 3.39. The van der Waals surface area contributed by atoms with Crippen LogP contribution in [0.2, 0.25) is 0 Å². The van der Waals surface area contributed by atoms with E-state index in [1.807, 2.05) is 59.3 Å². The first kappa shape index (κ1) is 26.5. The molecule has 0 N–H and O–H groups in total. The second kappa shape index (κ2) is 12.1. The monoisotopic (exact) mass is 678 g/mol. The summed E-state index contributed by atoms with van der Waals surface area (Å²) in [6, 6.07) is 30.6. The summed E-state index contributed by atoms with van der Waals surface area (Å²) in [5, 5.41) is 0. The van der Waals surface area contributed by atoms with Gasteiger partial charge in [0.2, 0.25) is 0 Å². The van der Waals surface area contributed by atoms with Crippen molar-refractivity contribution >= 4 is 16.7 Å². The van der Waals surface area contributed by atoms with Crippen molar-refractivity contribution < 1.29 is 28.9 Å². The van der Waals surface area contributed by atoms with Gasteiger partial charge < -0.3 is 14.5 Å². The maximum absolute atomic E-state index is 13.7. The number of halogens is 2.